The van der Waals surface area contributed by atoms with Crippen LogP contribution in [0.3, 0.4) is 0 Å². The van der Waals surface area contributed by atoms with Crippen molar-refractivity contribution in [2.75, 3.05) is 24.5 Å². The van der Waals surface area contributed by atoms with Crippen LogP contribution in [0.5, 0.6) is 5.75 Å². The van der Waals surface area contributed by atoms with E-state index in [1.807, 2.05) is 6.92 Å². The van der Waals surface area contributed by atoms with Crippen molar-refractivity contribution >= 4 is 50.7 Å². The molecule has 0 aliphatic carbocycles. The smallest absolute Gasteiger partial charge is 0.264 e. The van der Waals surface area contributed by atoms with Gasteiger partial charge in [0.1, 0.15) is 18.3 Å². The Bertz CT molecular complexity index is 1430. The lowest BCUT2D eigenvalue weighted by molar-refractivity contribution is -0.139. The van der Waals surface area contributed by atoms with Crippen molar-refractivity contribution in [2.24, 2.45) is 0 Å². The van der Waals surface area contributed by atoms with E-state index in [1.165, 1.54) is 36.3 Å². The lowest BCUT2D eigenvalue weighted by Crippen LogP contribution is -2.51. The average Bonchev–Trinajstić information content (AvgIpc) is 2.92. The molecule has 0 fully saturated rings. The number of anilines is 1. The van der Waals surface area contributed by atoms with Crippen molar-refractivity contribution in [2.45, 2.75) is 38.3 Å². The Morgan fingerprint density at radius 2 is 1.69 bits per heavy atom. The number of ether oxygens (including phenoxy) is 1. The quantitative estimate of drug-likeness (QED) is 0.336. The third-order valence-electron chi connectivity index (χ3n) is 6.09. The van der Waals surface area contributed by atoms with E-state index < -0.39 is 28.5 Å². The minimum atomic E-state index is -4.26. The zero-order valence-corrected chi connectivity index (χ0v) is 24.5. The molecule has 11 heteroatoms. The highest BCUT2D eigenvalue weighted by atomic mass is 35.5. The molecule has 0 aliphatic heterocycles. The summed E-state index contributed by atoms with van der Waals surface area (Å²) in [6.07, 6.45) is 0. The fraction of sp³-hybridized carbons (Fsp3) is 0.286. The average molecular weight is 593 g/mol. The number of rotatable bonds is 11. The number of hydrogen-bond donors (Lipinski definition) is 1. The second-order valence-corrected chi connectivity index (χ2v) is 11.5. The molecule has 208 valence electrons. The summed E-state index contributed by atoms with van der Waals surface area (Å²) in [5.41, 5.74) is 1.62. The molecule has 8 nitrogen and oxygen atoms in total. The maximum Gasteiger partial charge on any atom is 0.264 e. The van der Waals surface area contributed by atoms with Gasteiger partial charge in [0.2, 0.25) is 11.8 Å². The Hall–Kier alpha value is -3.27. The zero-order chi connectivity index (χ0) is 28.7. The van der Waals surface area contributed by atoms with Crippen LogP contribution in [0.2, 0.25) is 10.0 Å². The van der Waals surface area contributed by atoms with Crippen LogP contribution < -0.4 is 14.4 Å². The van der Waals surface area contributed by atoms with E-state index >= 15 is 0 Å². The molecule has 0 aliphatic rings. The van der Waals surface area contributed by atoms with E-state index in [2.05, 4.69) is 5.32 Å². The first-order valence-corrected chi connectivity index (χ1v) is 14.4. The Kier molecular flexibility index (Phi) is 10.2. The molecule has 1 atom stereocenters. The number of carbonyl (C=O) groups excluding carboxylic acids is 2. The molecule has 39 heavy (non-hydrogen) atoms. The number of likely N-dealkylation sites (N-methyl/N-ethyl adjacent to an activating group) is 1. The SMILES string of the molecule is CCNC(=O)C(C)N(Cc1cccc(OC)c1)C(=O)CN(c1cccc(Cl)c1Cl)S(=O)(=O)c1ccc(C)cc1. The first-order chi connectivity index (χ1) is 18.5. The molecule has 0 bridgehead atoms. The van der Waals surface area contributed by atoms with E-state index in [1.54, 1.807) is 56.3 Å². The van der Waals surface area contributed by atoms with Crippen molar-refractivity contribution in [1.82, 2.24) is 10.2 Å². The van der Waals surface area contributed by atoms with Gasteiger partial charge in [0.25, 0.3) is 10.0 Å². The molecule has 0 heterocycles. The highest BCUT2D eigenvalue weighted by molar-refractivity contribution is 7.92. The molecule has 2 amide bonds. The van der Waals surface area contributed by atoms with E-state index in [0.717, 1.165) is 9.87 Å². The summed E-state index contributed by atoms with van der Waals surface area (Å²) in [6.45, 7) is 4.99. The standard InChI is InChI=1S/C28H31Cl2N3O5S/c1-5-31-28(35)20(3)32(17-21-8-6-9-22(16-21)38-4)26(34)18-33(25-11-7-10-24(29)27(25)30)39(36,37)23-14-12-19(2)13-15-23/h6-16,20H,5,17-18H2,1-4H3,(H,31,35). The summed E-state index contributed by atoms with van der Waals surface area (Å²) in [6, 6.07) is 17.0. The molecule has 3 aromatic rings. The van der Waals surface area contributed by atoms with Crippen molar-refractivity contribution in [3.63, 3.8) is 0 Å². The van der Waals surface area contributed by atoms with Gasteiger partial charge in [-0.25, -0.2) is 8.42 Å². The Morgan fingerprint density at radius 1 is 1.03 bits per heavy atom. The topological polar surface area (TPSA) is 96.0 Å². The maximum absolute atomic E-state index is 13.9. The van der Waals surface area contributed by atoms with Crippen LogP contribution in [0.1, 0.15) is 25.0 Å². The van der Waals surface area contributed by atoms with E-state index in [4.69, 9.17) is 27.9 Å². The molecular formula is C28H31Cl2N3O5S. The maximum atomic E-state index is 13.9. The molecule has 3 aromatic carbocycles. The molecule has 3 rings (SSSR count). The van der Waals surface area contributed by atoms with Crippen LogP contribution in [-0.4, -0.2) is 51.4 Å². The summed E-state index contributed by atoms with van der Waals surface area (Å²) >= 11 is 12.7. The van der Waals surface area contributed by atoms with Gasteiger partial charge in [-0.2, -0.15) is 0 Å². The number of aryl methyl sites for hydroxylation is 1. The number of amides is 2. The number of carbonyl (C=O) groups is 2. The molecule has 0 aromatic heterocycles. The van der Waals surface area contributed by atoms with Gasteiger partial charge in [-0.3, -0.25) is 13.9 Å². The number of nitrogens with one attached hydrogen (secondary N) is 1. The predicted molar refractivity (Wildman–Crippen MR) is 154 cm³/mol. The highest BCUT2D eigenvalue weighted by Gasteiger charge is 2.33. The largest absolute Gasteiger partial charge is 0.497 e. The summed E-state index contributed by atoms with van der Waals surface area (Å²) in [5, 5.41) is 2.84. The lowest BCUT2D eigenvalue weighted by Gasteiger charge is -2.32. The number of halogens is 2. The molecule has 0 saturated carbocycles. The van der Waals surface area contributed by atoms with E-state index in [-0.39, 0.29) is 33.1 Å². The summed E-state index contributed by atoms with van der Waals surface area (Å²) in [7, 11) is -2.73. The minimum absolute atomic E-state index is 0.0150. The van der Waals surface area contributed by atoms with Gasteiger partial charge in [0.15, 0.2) is 0 Å². The van der Waals surface area contributed by atoms with Crippen LogP contribution >= 0.6 is 23.2 Å². The van der Waals surface area contributed by atoms with Gasteiger partial charge in [-0.05, 0) is 62.7 Å². The third kappa shape index (κ3) is 7.23. The summed E-state index contributed by atoms with van der Waals surface area (Å²) in [5.74, 6) is -0.398. The van der Waals surface area contributed by atoms with Crippen LogP contribution in [0.15, 0.2) is 71.6 Å². The zero-order valence-electron chi connectivity index (χ0n) is 22.1. The van der Waals surface area contributed by atoms with Gasteiger partial charge < -0.3 is 15.0 Å². The molecule has 1 N–H and O–H groups in total. The number of benzene rings is 3. The van der Waals surface area contributed by atoms with Gasteiger partial charge in [0.05, 0.1) is 27.7 Å². The third-order valence-corrected chi connectivity index (χ3v) is 8.68. The minimum Gasteiger partial charge on any atom is -0.497 e. The fourth-order valence-corrected chi connectivity index (χ4v) is 5.78. The second-order valence-electron chi connectivity index (χ2n) is 8.84. The fourth-order valence-electron chi connectivity index (χ4n) is 3.91. The van der Waals surface area contributed by atoms with Gasteiger partial charge in [-0.15, -0.1) is 0 Å². The van der Waals surface area contributed by atoms with Crippen LogP contribution in [0.4, 0.5) is 5.69 Å². The number of nitrogens with zero attached hydrogens (tertiary/aromatic N) is 2. The predicted octanol–water partition coefficient (Wildman–Crippen LogP) is 5.06. The Labute approximate surface area is 239 Å². The van der Waals surface area contributed by atoms with Crippen molar-refractivity contribution in [3.05, 3.63) is 87.9 Å². The monoisotopic (exact) mass is 591 g/mol. The Balaban J connectivity index is 2.08. The van der Waals surface area contributed by atoms with Gasteiger partial charge in [-0.1, -0.05) is 59.1 Å². The normalized spacial score (nSPS) is 11.9. The second kappa shape index (κ2) is 13.2. The Morgan fingerprint density at radius 3 is 2.33 bits per heavy atom. The van der Waals surface area contributed by atoms with Crippen molar-refractivity contribution in [3.8, 4) is 5.75 Å². The summed E-state index contributed by atoms with van der Waals surface area (Å²) in [4.78, 5) is 28.0. The lowest BCUT2D eigenvalue weighted by atomic mass is 10.1. The molecule has 0 saturated heterocycles. The first-order valence-electron chi connectivity index (χ1n) is 12.2. The highest BCUT2D eigenvalue weighted by Crippen LogP contribution is 2.35. The molecule has 1 unspecified atom stereocenters. The van der Waals surface area contributed by atoms with E-state index in [9.17, 15) is 18.0 Å². The van der Waals surface area contributed by atoms with Crippen LogP contribution in [-0.2, 0) is 26.2 Å². The van der Waals surface area contributed by atoms with Crippen LogP contribution in [0, 0.1) is 6.92 Å². The van der Waals surface area contributed by atoms with E-state index in [0.29, 0.717) is 17.9 Å². The van der Waals surface area contributed by atoms with Gasteiger partial charge >= 0.3 is 0 Å². The van der Waals surface area contributed by atoms with Crippen molar-refractivity contribution in [1.29, 1.82) is 0 Å². The molecule has 0 radical (unpaired) electrons. The summed E-state index contributed by atoms with van der Waals surface area (Å²) < 4.78 is 34.0. The molecular weight excluding hydrogens is 561 g/mol. The molecule has 0 spiro atoms. The number of hydrogen-bond acceptors (Lipinski definition) is 5. The van der Waals surface area contributed by atoms with Gasteiger partial charge in [0, 0.05) is 13.1 Å². The number of methoxy groups -OCH3 is 1. The van der Waals surface area contributed by atoms with Crippen molar-refractivity contribution < 1.29 is 22.7 Å². The first kappa shape index (κ1) is 30.3. The van der Waals surface area contributed by atoms with Crippen LogP contribution in [0.25, 0.3) is 0 Å². The number of sulfonamides is 1.